The van der Waals surface area contributed by atoms with E-state index >= 15 is 0 Å². The van der Waals surface area contributed by atoms with Gasteiger partial charge in [-0.05, 0) is 37.0 Å². The number of ether oxygens (including phenoxy) is 1. The third kappa shape index (κ3) is 2.66. The molecule has 4 N–H and O–H groups in total. The third-order valence-electron chi connectivity index (χ3n) is 4.10. The van der Waals surface area contributed by atoms with Gasteiger partial charge in [-0.15, -0.1) is 0 Å². The lowest BCUT2D eigenvalue weighted by atomic mass is 9.94. The first-order valence-corrected chi connectivity index (χ1v) is 8.51. The SMILES string of the molecule is COc1ccc(C(N)=O)c(CC2(S(C)(=O)=O)CC2)c1C(N)=O. The Bertz CT molecular complexity index is 751. The lowest BCUT2D eigenvalue weighted by Crippen LogP contribution is -2.29. The number of carbonyl (C=O) groups is 2. The highest BCUT2D eigenvalue weighted by Crippen LogP contribution is 2.47. The molecule has 1 aliphatic rings. The first-order chi connectivity index (χ1) is 10.1. The van der Waals surface area contributed by atoms with Crippen LogP contribution in [0, 0.1) is 0 Å². The van der Waals surface area contributed by atoms with E-state index in [0.717, 1.165) is 6.26 Å². The summed E-state index contributed by atoms with van der Waals surface area (Å²) in [6.07, 6.45) is 2.10. The van der Waals surface area contributed by atoms with Crippen molar-refractivity contribution in [3.8, 4) is 5.75 Å². The van der Waals surface area contributed by atoms with Crippen LogP contribution >= 0.6 is 0 Å². The van der Waals surface area contributed by atoms with Crippen molar-refractivity contribution in [2.24, 2.45) is 11.5 Å². The maximum Gasteiger partial charge on any atom is 0.252 e. The number of methoxy groups -OCH3 is 1. The lowest BCUT2D eigenvalue weighted by Gasteiger charge is -2.19. The van der Waals surface area contributed by atoms with Crippen LogP contribution in [0.1, 0.15) is 39.1 Å². The second-order valence-corrected chi connectivity index (χ2v) is 7.94. The molecule has 22 heavy (non-hydrogen) atoms. The van der Waals surface area contributed by atoms with Gasteiger partial charge in [0.05, 0.1) is 17.4 Å². The number of amides is 2. The minimum atomic E-state index is -3.34. The summed E-state index contributed by atoms with van der Waals surface area (Å²) in [5.41, 5.74) is 11.1. The van der Waals surface area contributed by atoms with Crippen LogP contribution in [0.4, 0.5) is 0 Å². The molecule has 2 rings (SSSR count). The summed E-state index contributed by atoms with van der Waals surface area (Å²) >= 11 is 0. The van der Waals surface area contributed by atoms with E-state index in [2.05, 4.69) is 0 Å². The molecule has 1 aliphatic carbocycles. The van der Waals surface area contributed by atoms with Crippen molar-refractivity contribution in [2.45, 2.75) is 24.0 Å². The Morgan fingerprint density at radius 2 is 1.82 bits per heavy atom. The molecule has 120 valence electrons. The highest BCUT2D eigenvalue weighted by molar-refractivity contribution is 7.92. The fourth-order valence-electron chi connectivity index (χ4n) is 2.62. The Labute approximate surface area is 128 Å². The van der Waals surface area contributed by atoms with E-state index in [1.54, 1.807) is 0 Å². The van der Waals surface area contributed by atoms with Crippen LogP contribution in [-0.4, -0.2) is 38.3 Å². The number of rotatable bonds is 6. The van der Waals surface area contributed by atoms with E-state index in [-0.39, 0.29) is 28.9 Å². The van der Waals surface area contributed by atoms with Gasteiger partial charge in [-0.3, -0.25) is 9.59 Å². The van der Waals surface area contributed by atoms with Gasteiger partial charge in [0.25, 0.3) is 5.91 Å². The molecule has 0 atom stereocenters. The molecular formula is C14H18N2O5S. The van der Waals surface area contributed by atoms with Gasteiger partial charge in [0.15, 0.2) is 9.84 Å². The van der Waals surface area contributed by atoms with Crippen LogP contribution in [0.15, 0.2) is 12.1 Å². The fourth-order valence-corrected chi connectivity index (χ4v) is 3.87. The van der Waals surface area contributed by atoms with Crippen LogP contribution in [0.3, 0.4) is 0 Å². The second kappa shape index (κ2) is 5.28. The summed E-state index contributed by atoms with van der Waals surface area (Å²) in [6.45, 7) is 0. The van der Waals surface area contributed by atoms with Crippen LogP contribution in [-0.2, 0) is 16.3 Å². The number of sulfone groups is 1. The molecule has 8 heteroatoms. The molecule has 7 nitrogen and oxygen atoms in total. The largest absolute Gasteiger partial charge is 0.496 e. The Hall–Kier alpha value is -2.09. The van der Waals surface area contributed by atoms with Crippen LogP contribution in [0.5, 0.6) is 5.75 Å². The number of hydrogen-bond donors (Lipinski definition) is 2. The maximum absolute atomic E-state index is 12.0. The summed E-state index contributed by atoms with van der Waals surface area (Å²) < 4.78 is 28.1. The predicted molar refractivity (Wildman–Crippen MR) is 80.5 cm³/mol. The summed E-state index contributed by atoms with van der Waals surface area (Å²) in [5, 5.41) is 0. The number of primary amides is 2. The molecular weight excluding hydrogens is 308 g/mol. The fraction of sp³-hybridized carbons (Fsp3) is 0.429. The normalized spacial score (nSPS) is 16.1. The molecule has 1 aromatic rings. The Morgan fingerprint density at radius 3 is 2.18 bits per heavy atom. The zero-order valence-electron chi connectivity index (χ0n) is 12.4. The van der Waals surface area contributed by atoms with Crippen molar-refractivity contribution in [3.05, 3.63) is 28.8 Å². The molecule has 0 heterocycles. The predicted octanol–water partition coefficient (Wildman–Crippen LogP) is 0.0127. The number of nitrogens with two attached hydrogens (primary N) is 2. The molecule has 0 saturated heterocycles. The average Bonchev–Trinajstić information content (AvgIpc) is 3.17. The van der Waals surface area contributed by atoms with Gasteiger partial charge in [-0.25, -0.2) is 8.42 Å². The van der Waals surface area contributed by atoms with Crippen molar-refractivity contribution in [3.63, 3.8) is 0 Å². The molecule has 0 aromatic heterocycles. The van der Waals surface area contributed by atoms with Crippen LogP contribution in [0.2, 0.25) is 0 Å². The van der Waals surface area contributed by atoms with Gasteiger partial charge >= 0.3 is 0 Å². The molecule has 0 aliphatic heterocycles. The van der Waals surface area contributed by atoms with Crippen molar-refractivity contribution in [2.75, 3.05) is 13.4 Å². The zero-order chi connectivity index (χ0) is 16.7. The van der Waals surface area contributed by atoms with E-state index in [9.17, 15) is 18.0 Å². The van der Waals surface area contributed by atoms with Crippen molar-refractivity contribution in [1.29, 1.82) is 0 Å². The van der Waals surface area contributed by atoms with E-state index in [1.165, 1.54) is 19.2 Å². The molecule has 0 bridgehead atoms. The molecule has 0 spiro atoms. The van der Waals surface area contributed by atoms with E-state index in [4.69, 9.17) is 16.2 Å². The second-order valence-electron chi connectivity index (χ2n) is 5.53. The molecule has 1 aromatic carbocycles. The quantitative estimate of drug-likeness (QED) is 0.760. The van der Waals surface area contributed by atoms with E-state index in [0.29, 0.717) is 12.8 Å². The topological polar surface area (TPSA) is 130 Å². The minimum absolute atomic E-state index is 0.00808. The smallest absolute Gasteiger partial charge is 0.252 e. The first-order valence-electron chi connectivity index (χ1n) is 6.62. The Morgan fingerprint density at radius 1 is 1.23 bits per heavy atom. The summed E-state index contributed by atoms with van der Waals surface area (Å²) in [7, 11) is -1.98. The standard InChI is InChI=1S/C14H18N2O5S/c1-21-10-4-3-8(12(15)17)9(11(10)13(16)18)7-14(5-6-14)22(2,19)20/h3-4H,5-7H2,1-2H3,(H2,15,17)(H2,16,18). The molecule has 0 radical (unpaired) electrons. The van der Waals surface area contributed by atoms with Crippen molar-refractivity contribution < 1.29 is 22.7 Å². The number of hydrogen-bond acceptors (Lipinski definition) is 5. The van der Waals surface area contributed by atoms with Gasteiger partial charge in [-0.1, -0.05) is 0 Å². The lowest BCUT2D eigenvalue weighted by molar-refractivity contribution is 0.0996. The van der Waals surface area contributed by atoms with Crippen LogP contribution in [0.25, 0.3) is 0 Å². The average molecular weight is 326 g/mol. The highest BCUT2D eigenvalue weighted by Gasteiger charge is 2.52. The van der Waals surface area contributed by atoms with Gasteiger partial charge in [0.2, 0.25) is 5.91 Å². The molecule has 1 saturated carbocycles. The monoisotopic (exact) mass is 326 g/mol. The van der Waals surface area contributed by atoms with Gasteiger partial charge < -0.3 is 16.2 Å². The van der Waals surface area contributed by atoms with Gasteiger partial charge in [-0.2, -0.15) is 0 Å². The molecule has 1 fully saturated rings. The van der Waals surface area contributed by atoms with Gasteiger partial charge in [0.1, 0.15) is 5.75 Å². The summed E-state index contributed by atoms with van der Waals surface area (Å²) in [4.78, 5) is 23.4. The van der Waals surface area contributed by atoms with Crippen molar-refractivity contribution in [1.82, 2.24) is 0 Å². The summed E-state index contributed by atoms with van der Waals surface area (Å²) in [6, 6.07) is 2.84. The zero-order valence-corrected chi connectivity index (χ0v) is 13.2. The third-order valence-corrected chi connectivity index (χ3v) is 6.23. The van der Waals surface area contributed by atoms with Crippen LogP contribution < -0.4 is 16.2 Å². The number of carbonyl (C=O) groups excluding carboxylic acids is 2. The van der Waals surface area contributed by atoms with Gasteiger partial charge in [0, 0.05) is 11.8 Å². The number of benzene rings is 1. The Kier molecular flexibility index (Phi) is 3.90. The Balaban J connectivity index is 2.66. The first kappa shape index (κ1) is 16.3. The minimum Gasteiger partial charge on any atom is -0.496 e. The van der Waals surface area contributed by atoms with Crippen molar-refractivity contribution >= 4 is 21.7 Å². The maximum atomic E-state index is 12.0. The highest BCUT2D eigenvalue weighted by atomic mass is 32.2. The molecule has 2 amide bonds. The van der Waals surface area contributed by atoms with E-state index in [1.807, 2.05) is 0 Å². The van der Waals surface area contributed by atoms with E-state index < -0.39 is 26.4 Å². The summed E-state index contributed by atoms with van der Waals surface area (Å²) in [5.74, 6) is -1.35. The molecule has 0 unspecified atom stereocenters.